The summed E-state index contributed by atoms with van der Waals surface area (Å²) in [4.78, 5) is 146. The minimum Gasteiger partial charge on any atom is -0.476 e. The van der Waals surface area contributed by atoms with Gasteiger partial charge in [0.1, 0.15) is 42.0 Å². The molecule has 0 radical (unpaired) electrons. The lowest BCUT2D eigenvalue weighted by atomic mass is 10.1. The number of imidazole rings is 9. The number of H-pyrrole nitrogens is 9. The molecule has 3 aromatic carbocycles. The number of carboxylic acid groups (broad SMARTS) is 1. The Balaban J connectivity index is 0.000000196. The highest BCUT2D eigenvalue weighted by Crippen LogP contribution is 2.29. The van der Waals surface area contributed by atoms with E-state index in [1.54, 1.807) is 81.4 Å². The number of nitrogens with one attached hydrogen (secondary N) is 9. The van der Waals surface area contributed by atoms with Crippen molar-refractivity contribution in [3.63, 3.8) is 0 Å². The number of ether oxygens (including phenoxy) is 1. The number of nitrogens with zero attached hydrogens (tertiary/aromatic N) is 16. The lowest BCUT2D eigenvalue weighted by Gasteiger charge is -1.95. The van der Waals surface area contributed by atoms with E-state index in [0.717, 1.165) is 76.6 Å². The fraction of sp³-hybridized carbons (Fsp3) is 0.0984. The molecule has 10 aromatic heterocycles. The third-order valence-electron chi connectivity index (χ3n) is 11.7. The molecule has 0 fully saturated rings. The van der Waals surface area contributed by atoms with Crippen LogP contribution in [0.15, 0.2) is 188 Å². The molecule has 0 aliphatic carbocycles. The number of non-ortho nitro benzene ring substituents is 1. The van der Waals surface area contributed by atoms with Crippen molar-refractivity contribution in [2.24, 2.45) is 15.0 Å². The summed E-state index contributed by atoms with van der Waals surface area (Å²) in [6, 6.07) is 18.8. The van der Waals surface area contributed by atoms with Crippen molar-refractivity contribution in [3.05, 3.63) is 255 Å². The second-order valence-corrected chi connectivity index (χ2v) is 18.8. The second kappa shape index (κ2) is 43.7. The van der Waals surface area contributed by atoms with Crippen molar-refractivity contribution >= 4 is 101 Å². The van der Waals surface area contributed by atoms with Crippen molar-refractivity contribution in [1.29, 1.82) is 0 Å². The van der Waals surface area contributed by atoms with Crippen LogP contribution in [0.2, 0.25) is 5.02 Å². The van der Waals surface area contributed by atoms with Gasteiger partial charge in [-0.05, 0) is 59.7 Å². The van der Waals surface area contributed by atoms with Gasteiger partial charge in [-0.1, -0.05) is 40.9 Å². The number of hydrogen-bond donors (Lipinski definition) is 11. The first-order valence-electron chi connectivity index (χ1n) is 28.3. The molecule has 37 nitrogen and oxygen atoms in total. The number of nitro groups is 2. The third-order valence-corrected chi connectivity index (χ3v) is 11.9. The monoisotopic (exact) mass is 1370 g/mol. The average molecular weight is 1370 g/mol. The number of aromatic carboxylic acids is 1. The van der Waals surface area contributed by atoms with E-state index in [0.29, 0.717) is 41.3 Å². The molecule has 0 saturated heterocycles. The minimum absolute atomic E-state index is 0.00694. The molecule has 11 N–H and O–H groups in total. The van der Waals surface area contributed by atoms with E-state index in [4.69, 9.17) is 21.8 Å². The van der Waals surface area contributed by atoms with Gasteiger partial charge >= 0.3 is 11.9 Å². The smallest absolute Gasteiger partial charge is 0.432 e. The molecule has 3 aliphatic rings. The molecule has 0 spiro atoms. The van der Waals surface area contributed by atoms with E-state index in [1.807, 2.05) is 55.8 Å². The first-order valence-corrected chi connectivity index (χ1v) is 28.7. The number of nitro benzene ring substituents is 1. The number of fused-ring (bicyclic) bond motifs is 4. The predicted molar refractivity (Wildman–Crippen MR) is 359 cm³/mol. The van der Waals surface area contributed by atoms with Gasteiger partial charge < -0.3 is 64.9 Å². The Bertz CT molecular complexity index is 4430. The van der Waals surface area contributed by atoms with Gasteiger partial charge in [0.25, 0.3) is 18.0 Å². The van der Waals surface area contributed by atoms with Gasteiger partial charge in [0.2, 0.25) is 0 Å². The van der Waals surface area contributed by atoms with Crippen LogP contribution in [0.4, 0.5) is 28.7 Å². The van der Waals surface area contributed by atoms with Crippen molar-refractivity contribution in [2.45, 2.75) is 39.7 Å². The number of aryl methyl sites for hydroxylation is 2. The molecular weight excluding hydrogens is 1310 g/mol. The zero-order valence-electron chi connectivity index (χ0n) is 52.0. The number of aromatic amines is 9. The number of carboxylic acids is 1. The van der Waals surface area contributed by atoms with E-state index in [2.05, 4.69) is 125 Å². The van der Waals surface area contributed by atoms with Crippen LogP contribution >= 0.6 is 11.6 Å². The number of halogens is 1. The maximum absolute atomic E-state index is 10.4. The summed E-state index contributed by atoms with van der Waals surface area (Å²) >= 11 is 5.75. The number of carbonyl (C=O) groups excluding carboxylic acids is 4. The van der Waals surface area contributed by atoms with Crippen molar-refractivity contribution < 1.29 is 48.8 Å². The molecule has 3 aliphatic heterocycles. The van der Waals surface area contributed by atoms with Crippen molar-refractivity contribution in [1.82, 2.24) is 99.7 Å². The fourth-order valence-corrected chi connectivity index (χ4v) is 7.21. The number of benzene rings is 3. The van der Waals surface area contributed by atoms with E-state index in [9.17, 15) is 44.2 Å². The van der Waals surface area contributed by atoms with Crippen LogP contribution in [0, 0.1) is 34.1 Å². The number of carbonyl (C=O) groups is 5. The number of aliphatic hydroxyl groups excluding tert-OH is 1. The fourth-order valence-electron chi connectivity index (χ4n) is 7.05. The molecule has 0 saturated carbocycles. The molecule has 508 valence electrons. The van der Waals surface area contributed by atoms with Gasteiger partial charge in [-0.25, -0.2) is 59.6 Å². The van der Waals surface area contributed by atoms with Crippen LogP contribution in [0.5, 0.6) is 5.88 Å². The van der Waals surface area contributed by atoms with Crippen LogP contribution in [-0.4, -0.2) is 170 Å². The Morgan fingerprint density at radius 3 is 1.73 bits per heavy atom. The summed E-state index contributed by atoms with van der Waals surface area (Å²) in [5.74, 6) is 0.284. The quantitative estimate of drug-likeness (QED) is 0.0365. The van der Waals surface area contributed by atoms with Gasteiger partial charge in [0.05, 0.1) is 77.9 Å². The second-order valence-electron chi connectivity index (χ2n) is 18.3. The highest BCUT2D eigenvalue weighted by Gasteiger charge is 2.14. The Labute approximate surface area is 563 Å². The maximum Gasteiger partial charge on any atom is 0.432 e. The number of rotatable bonds is 9. The summed E-state index contributed by atoms with van der Waals surface area (Å²) in [5.41, 5.74) is 9.83. The first-order chi connectivity index (χ1) is 48.2. The van der Waals surface area contributed by atoms with E-state index >= 15 is 0 Å². The topological polar surface area (TPSA) is 542 Å². The Hall–Kier alpha value is -14.1. The van der Waals surface area contributed by atoms with Crippen molar-refractivity contribution in [3.8, 4) is 5.88 Å². The zero-order valence-corrected chi connectivity index (χ0v) is 52.8. The summed E-state index contributed by atoms with van der Waals surface area (Å²) < 4.78 is 4.23. The van der Waals surface area contributed by atoms with E-state index < -0.39 is 15.8 Å². The third kappa shape index (κ3) is 28.3. The van der Waals surface area contributed by atoms with Gasteiger partial charge in [-0.3, -0.25) is 44.3 Å². The molecular formula is C61H60ClN25O12. The maximum atomic E-state index is 10.4. The predicted octanol–water partition coefficient (Wildman–Crippen LogP) is 8.72. The Morgan fingerprint density at radius 2 is 1.26 bits per heavy atom. The highest BCUT2D eigenvalue weighted by molar-refractivity contribution is 6.30. The zero-order chi connectivity index (χ0) is 71.2. The lowest BCUT2D eigenvalue weighted by molar-refractivity contribution is -0.393. The number of aliphatic hydroxyl groups is 1. The standard InChI is InChI=1S/C8H6ClN.C8H6N2O2.C8H7N.C5H4N4.C5H4N2O4.C5H6N2O.C4H4N2O.C4H6N2O.C4H4N2O.C4H6N2.C3H3N3O2.C3H4N2/c9-7-2-1-6-3-4-10-8(6)5-7;11-10(12)7-2-1-6-3-4-9-8(6)5-7;1-2-4-8-7(3-1)5-6-9-8;1-4-5(8-2-6-1)9-3-7-4;8-2-11-4-3(5(9)10)6-1-7-4;1-4-5(2-8)7-3-6-4;7-2-4-1-5-3-6-4;2*7-3-4-5-1-2-6-4;1-4-5-2-3-6-4;7-6(8)3-4-1-2-5-3;1-2-5-3-4-1/h1-2,4-5H,3H2;1-2,4-5H,3H2;1-4,6H,5H2;1-3H,(H,6,7,8,9);1-2H,(H,6,7)(H,9,10);2-3H,1H3,(H,6,7);1-3H,(H,5,6);1-2,7H,3H2,(H,5,6);1-3H,(H,5,6);2-3H,1H3,(H,5,6);1-2H,(H,4,5);1-3H,(H,4,5). The van der Waals surface area contributed by atoms with Crippen LogP contribution in [0.1, 0.15) is 76.1 Å². The largest absolute Gasteiger partial charge is 0.476 e. The number of hydrogen-bond acceptors (Lipinski definition) is 25. The highest BCUT2D eigenvalue weighted by atomic mass is 35.5. The minimum atomic E-state index is -1.22. The van der Waals surface area contributed by atoms with Crippen LogP contribution in [0.25, 0.3) is 11.2 Å². The Morgan fingerprint density at radius 1 is 0.596 bits per heavy atom. The van der Waals surface area contributed by atoms with Crippen LogP contribution in [-0.2, 0) is 30.7 Å². The SMILES string of the molecule is C1=Nc2ccccc2C1.Cc1[nH]cnc1C=O.Cc1ncc[nH]1.Clc1ccc2c(c1)N=CC2.O=COc1nc[nH]c1C(=O)O.O=Cc1cnc[nH]1.O=Cc1ncc[nH]1.O=[N+]([O-])c1ccc2c(c1)N=CC2.O=[N+]([O-])c1ncc[nH]1.OCc1ncc[nH]1.c1c[nH]cn1.c1ncc2[nH]cnc2n1. The molecule has 0 bridgehead atoms. The molecule has 38 heteroatoms. The van der Waals surface area contributed by atoms with Gasteiger partial charge in [-0.15, -0.1) is 0 Å². The van der Waals surface area contributed by atoms with Crippen LogP contribution < -0.4 is 4.74 Å². The number of aromatic nitrogens is 20. The van der Waals surface area contributed by atoms with Gasteiger partial charge in [0, 0.05) is 110 Å². The molecule has 99 heavy (non-hydrogen) atoms. The molecule has 16 rings (SSSR count). The average Bonchev–Trinajstić information content (AvgIpc) is 1.81. The first kappa shape index (κ1) is 75.6. The lowest BCUT2D eigenvalue weighted by Crippen LogP contribution is -2.00. The normalized spacial score (nSPS) is 10.4. The molecule has 13 heterocycles. The van der Waals surface area contributed by atoms with E-state index in [1.165, 1.54) is 67.0 Å². The molecule has 0 atom stereocenters. The summed E-state index contributed by atoms with van der Waals surface area (Å²) in [6.45, 7) is 3.83. The van der Waals surface area contributed by atoms with Crippen LogP contribution in [0.3, 0.4) is 0 Å². The number of aliphatic imine (C=N–C) groups is 3. The van der Waals surface area contributed by atoms with Gasteiger partial charge in [-0.2, -0.15) is 0 Å². The van der Waals surface area contributed by atoms with Gasteiger partial charge in [0.15, 0.2) is 36.0 Å². The number of aldehydes is 3. The Kier molecular flexibility index (Phi) is 33.4. The molecule has 13 aromatic rings. The summed E-state index contributed by atoms with van der Waals surface area (Å²) in [7, 11) is 0. The van der Waals surface area contributed by atoms with Crippen molar-refractivity contribution in [2.75, 3.05) is 0 Å². The van der Waals surface area contributed by atoms with E-state index in [-0.39, 0.29) is 36.3 Å². The number of para-hydroxylation sites is 1. The molecule has 0 unspecified atom stereocenters. The molecule has 0 amide bonds. The summed E-state index contributed by atoms with van der Waals surface area (Å²) in [5, 5.41) is 37.6. The summed E-state index contributed by atoms with van der Waals surface area (Å²) in [6.07, 6.45) is 38.5.